The molecule has 1 heterocycles. The molecule has 0 bridgehead atoms. The second kappa shape index (κ2) is 7.96. The Kier molecular flexibility index (Phi) is 6.33. The van der Waals surface area contributed by atoms with Gasteiger partial charge in [0.05, 0.1) is 13.3 Å². The van der Waals surface area contributed by atoms with E-state index in [-0.39, 0.29) is 23.6 Å². The Labute approximate surface area is 159 Å². The Morgan fingerprint density at radius 2 is 1.92 bits per heavy atom. The van der Waals surface area contributed by atoms with Gasteiger partial charge in [0.2, 0.25) is 0 Å². The van der Waals surface area contributed by atoms with E-state index in [2.05, 4.69) is 4.99 Å². The van der Waals surface area contributed by atoms with Crippen molar-refractivity contribution in [3.8, 4) is 0 Å². The predicted octanol–water partition coefficient (Wildman–Crippen LogP) is 3.32. The number of hydrogen-bond acceptors (Lipinski definition) is 6. The van der Waals surface area contributed by atoms with E-state index in [0.717, 1.165) is 11.8 Å². The zero-order valence-electron chi connectivity index (χ0n) is 15.2. The second-order valence-corrected chi connectivity index (χ2v) is 8.68. The minimum atomic E-state index is -3.89. The maximum Gasteiger partial charge on any atom is 0.310 e. The quantitative estimate of drug-likeness (QED) is 0.315. The lowest BCUT2D eigenvalue weighted by Gasteiger charge is -2.45. The van der Waals surface area contributed by atoms with E-state index in [1.165, 1.54) is 7.05 Å². The average molecular weight is 403 g/mol. The molecule has 0 saturated carbocycles. The van der Waals surface area contributed by atoms with Crippen LogP contribution in [0, 0.1) is 11.1 Å². The molecule has 1 aliphatic rings. The molecule has 0 amide bonds. The summed E-state index contributed by atoms with van der Waals surface area (Å²) in [5, 5.41) is 12.8. The number of aliphatic imine (C=N–C) groups is 1. The molecule has 26 heavy (non-hydrogen) atoms. The normalized spacial score (nSPS) is 23.8. The number of ether oxygens (including phenoxy) is 1. The summed E-state index contributed by atoms with van der Waals surface area (Å²) < 4.78 is 32.5. The van der Waals surface area contributed by atoms with Crippen LogP contribution >= 0.6 is 11.6 Å². The third-order valence-electron chi connectivity index (χ3n) is 3.81. The lowest BCUT2D eigenvalue weighted by molar-refractivity contribution is -0.834. The summed E-state index contributed by atoms with van der Waals surface area (Å²) in [6, 6.07) is 8.69. The highest BCUT2D eigenvalue weighted by atomic mass is 35.5. The van der Waals surface area contributed by atoms with Gasteiger partial charge in [0.25, 0.3) is 11.1 Å². The number of benzene rings is 1. The second-order valence-electron chi connectivity index (χ2n) is 6.74. The number of likely N-dealkylation sites (N-methyl/N-ethyl adjacent to an activating group) is 1. The van der Waals surface area contributed by atoms with E-state index < -0.39 is 26.7 Å². The van der Waals surface area contributed by atoms with Gasteiger partial charge in [-0.25, -0.2) is 0 Å². The van der Waals surface area contributed by atoms with E-state index in [4.69, 9.17) is 20.5 Å². The molecule has 0 radical (unpaired) electrons. The van der Waals surface area contributed by atoms with E-state index in [0.29, 0.717) is 6.42 Å². The summed E-state index contributed by atoms with van der Waals surface area (Å²) in [7, 11) is -2.56. The van der Waals surface area contributed by atoms with Crippen LogP contribution in [0.15, 0.2) is 46.4 Å². The fourth-order valence-corrected chi connectivity index (χ4v) is 3.21. The van der Waals surface area contributed by atoms with Crippen molar-refractivity contribution in [1.82, 2.24) is 0 Å². The first-order chi connectivity index (χ1) is 12.0. The molecule has 0 aliphatic carbocycles. The molecule has 0 aromatic heterocycles. The molecule has 0 N–H and O–H groups in total. The van der Waals surface area contributed by atoms with Gasteiger partial charge in [0.1, 0.15) is 6.61 Å². The van der Waals surface area contributed by atoms with Crippen LogP contribution in [0.2, 0.25) is 0 Å². The van der Waals surface area contributed by atoms with Gasteiger partial charge in [-0.05, 0) is 23.1 Å². The Hall–Kier alpha value is -1.61. The lowest BCUT2D eigenvalue weighted by Crippen LogP contribution is -2.53. The molecule has 144 valence electrons. The largest absolute Gasteiger partial charge is 0.626 e. The van der Waals surface area contributed by atoms with Crippen LogP contribution in [0.4, 0.5) is 0 Å². The van der Waals surface area contributed by atoms with Crippen molar-refractivity contribution >= 4 is 27.6 Å². The van der Waals surface area contributed by atoms with Crippen molar-refractivity contribution in [3.63, 3.8) is 0 Å². The highest BCUT2D eigenvalue weighted by Gasteiger charge is 2.42. The van der Waals surface area contributed by atoms with E-state index in [1.54, 1.807) is 0 Å². The number of nitrogens with zero attached hydrogens (tertiary/aromatic N) is 2. The number of hydroxylamine groups is 3. The Balaban J connectivity index is 2.38. The maximum atomic E-state index is 13.2. The minimum absolute atomic E-state index is 0.114. The molecule has 9 heteroatoms. The Morgan fingerprint density at radius 1 is 1.31 bits per heavy atom. The molecule has 0 spiro atoms. The van der Waals surface area contributed by atoms with E-state index in [9.17, 15) is 13.6 Å². The van der Waals surface area contributed by atoms with Crippen molar-refractivity contribution in [1.29, 1.82) is 0 Å². The van der Waals surface area contributed by atoms with Gasteiger partial charge in [0.15, 0.2) is 6.04 Å². The topological polar surface area (TPSA) is 88.0 Å². The molecule has 7 nitrogen and oxygen atoms in total. The summed E-state index contributed by atoms with van der Waals surface area (Å²) in [6.07, 6.45) is 1.33. The van der Waals surface area contributed by atoms with Crippen LogP contribution in [-0.4, -0.2) is 38.3 Å². The molecule has 2 rings (SSSR count). The zero-order valence-corrected chi connectivity index (χ0v) is 16.7. The summed E-state index contributed by atoms with van der Waals surface area (Å²) >= 11 is 6.13. The average Bonchev–Trinajstić information content (AvgIpc) is 2.53. The van der Waals surface area contributed by atoms with E-state index in [1.807, 2.05) is 44.2 Å². The van der Waals surface area contributed by atoms with Gasteiger partial charge in [-0.15, -0.1) is 0 Å². The Morgan fingerprint density at radius 3 is 2.46 bits per heavy atom. The molecular formula is C17H23ClN2O5S. The fraction of sp³-hybridized carbons (Fsp3) is 0.471. The molecule has 2 unspecified atom stereocenters. The van der Waals surface area contributed by atoms with Crippen LogP contribution in [0.3, 0.4) is 0 Å². The monoisotopic (exact) mass is 402 g/mol. The van der Waals surface area contributed by atoms with Gasteiger partial charge >= 0.3 is 16.0 Å². The van der Waals surface area contributed by atoms with E-state index >= 15 is 0 Å². The molecule has 0 saturated heterocycles. The SMILES string of the molecule is CC(C)CC1C(OCc2ccccc2)=NC(OS(C)(=O)=O)=C(Cl)[N+]1(C)[O-]. The summed E-state index contributed by atoms with van der Waals surface area (Å²) in [6.45, 7) is 4.13. The van der Waals surface area contributed by atoms with Gasteiger partial charge in [-0.3, -0.25) is 0 Å². The summed E-state index contributed by atoms with van der Waals surface area (Å²) in [5.74, 6) is -0.156. The number of halogens is 1. The maximum absolute atomic E-state index is 13.2. The third-order valence-corrected chi connectivity index (χ3v) is 4.77. The van der Waals surface area contributed by atoms with Crippen LogP contribution in [0.1, 0.15) is 25.8 Å². The summed E-state index contributed by atoms with van der Waals surface area (Å²) in [4.78, 5) is 4.12. The van der Waals surface area contributed by atoms with Crippen molar-refractivity contribution < 1.29 is 22.0 Å². The van der Waals surface area contributed by atoms with Crippen LogP contribution in [-0.2, 0) is 25.6 Å². The highest BCUT2D eigenvalue weighted by Crippen LogP contribution is 2.35. The smallest absolute Gasteiger partial charge is 0.310 e. The number of hydrogen-bond donors (Lipinski definition) is 0. The van der Waals surface area contributed by atoms with Gasteiger partial charge in [0, 0.05) is 6.42 Å². The highest BCUT2D eigenvalue weighted by molar-refractivity contribution is 7.86. The molecule has 1 aromatic carbocycles. The third kappa shape index (κ3) is 5.20. The van der Waals surface area contributed by atoms with Crippen molar-refractivity contribution in [2.45, 2.75) is 32.9 Å². The van der Waals surface area contributed by atoms with Gasteiger partial charge in [-0.2, -0.15) is 13.4 Å². The van der Waals surface area contributed by atoms with Crippen molar-refractivity contribution in [2.24, 2.45) is 10.9 Å². The first kappa shape index (κ1) is 20.7. The van der Waals surface area contributed by atoms with Crippen molar-refractivity contribution in [2.75, 3.05) is 13.3 Å². The first-order valence-corrected chi connectivity index (χ1v) is 10.3. The van der Waals surface area contributed by atoms with Crippen LogP contribution in [0.5, 0.6) is 0 Å². The summed E-state index contributed by atoms with van der Waals surface area (Å²) in [5.41, 5.74) is 0.893. The lowest BCUT2D eigenvalue weighted by atomic mass is 10.0. The number of rotatable bonds is 6. The number of quaternary nitrogens is 1. The fourth-order valence-electron chi connectivity index (χ4n) is 2.56. The van der Waals surface area contributed by atoms with Crippen LogP contribution in [0.25, 0.3) is 0 Å². The Bertz CT molecular complexity index is 804. The predicted molar refractivity (Wildman–Crippen MR) is 100 cm³/mol. The molecular weight excluding hydrogens is 380 g/mol. The van der Waals surface area contributed by atoms with Crippen LogP contribution < -0.4 is 0 Å². The van der Waals surface area contributed by atoms with Gasteiger partial charge < -0.3 is 18.8 Å². The van der Waals surface area contributed by atoms with Crippen molar-refractivity contribution in [3.05, 3.63) is 52.1 Å². The zero-order chi connectivity index (χ0) is 19.5. The molecule has 0 fully saturated rings. The minimum Gasteiger partial charge on any atom is -0.626 e. The van der Waals surface area contributed by atoms with Gasteiger partial charge in [-0.1, -0.05) is 44.2 Å². The molecule has 2 atom stereocenters. The first-order valence-electron chi connectivity index (χ1n) is 8.13. The standard InChI is InChI=1S/C17H23ClN2O5S/c1-12(2)10-14-16(24-11-13-8-6-5-7-9-13)19-17(25-26(4,22)23)15(18)20(14,3)21/h5-9,12,14H,10-11H2,1-4H3. The molecule has 1 aliphatic heterocycles. The molecule has 1 aromatic rings.